The SMILES string of the molecule is CCCNC(=O)c1ccccc1OC1CC[N]CC1. The van der Waals surface area contributed by atoms with Crippen molar-refractivity contribution in [3.05, 3.63) is 29.8 Å². The largest absolute Gasteiger partial charge is 0.489 e. The fourth-order valence-electron chi connectivity index (χ4n) is 2.11. The Labute approximate surface area is 114 Å². The first kappa shape index (κ1) is 13.9. The van der Waals surface area contributed by atoms with Gasteiger partial charge in [0, 0.05) is 19.6 Å². The zero-order valence-corrected chi connectivity index (χ0v) is 11.4. The average molecular weight is 261 g/mol. The lowest BCUT2D eigenvalue weighted by atomic mass is 10.1. The number of rotatable bonds is 5. The predicted molar refractivity (Wildman–Crippen MR) is 74.6 cm³/mol. The molecule has 1 aromatic carbocycles. The van der Waals surface area contributed by atoms with E-state index in [4.69, 9.17) is 4.74 Å². The molecule has 0 saturated carbocycles. The highest BCUT2D eigenvalue weighted by Gasteiger charge is 2.18. The van der Waals surface area contributed by atoms with E-state index in [9.17, 15) is 4.79 Å². The molecule has 1 heterocycles. The fraction of sp³-hybridized carbons (Fsp3) is 0.533. The van der Waals surface area contributed by atoms with Crippen LogP contribution >= 0.6 is 0 Å². The third-order valence-electron chi connectivity index (χ3n) is 3.18. The number of amides is 1. The molecule has 0 spiro atoms. The minimum Gasteiger partial charge on any atom is -0.489 e. The lowest BCUT2D eigenvalue weighted by Gasteiger charge is -2.24. The molecule has 0 aliphatic carbocycles. The van der Waals surface area contributed by atoms with Crippen LogP contribution in [-0.4, -0.2) is 31.6 Å². The molecular formula is C15H21N2O2. The van der Waals surface area contributed by atoms with Crippen LogP contribution < -0.4 is 15.4 Å². The average Bonchev–Trinajstić information content (AvgIpc) is 2.46. The van der Waals surface area contributed by atoms with Gasteiger partial charge in [-0.25, -0.2) is 5.32 Å². The van der Waals surface area contributed by atoms with Gasteiger partial charge in [-0.05, 0) is 31.4 Å². The number of benzene rings is 1. The third-order valence-corrected chi connectivity index (χ3v) is 3.18. The van der Waals surface area contributed by atoms with Crippen LogP contribution in [0.15, 0.2) is 24.3 Å². The van der Waals surface area contributed by atoms with E-state index < -0.39 is 0 Å². The molecule has 103 valence electrons. The molecule has 1 aliphatic rings. The highest BCUT2D eigenvalue weighted by molar-refractivity contribution is 5.96. The first-order valence-corrected chi connectivity index (χ1v) is 6.98. The first-order valence-electron chi connectivity index (χ1n) is 6.98. The first-order chi connectivity index (χ1) is 9.31. The van der Waals surface area contributed by atoms with Crippen molar-refractivity contribution in [3.8, 4) is 5.75 Å². The highest BCUT2D eigenvalue weighted by Crippen LogP contribution is 2.21. The number of para-hydroxylation sites is 1. The Morgan fingerprint density at radius 2 is 2.11 bits per heavy atom. The van der Waals surface area contributed by atoms with Gasteiger partial charge in [-0.15, -0.1) is 0 Å². The van der Waals surface area contributed by atoms with Crippen LogP contribution in [0.1, 0.15) is 36.5 Å². The third kappa shape index (κ3) is 3.96. The van der Waals surface area contributed by atoms with Gasteiger partial charge in [0.05, 0.1) is 5.56 Å². The van der Waals surface area contributed by atoms with Crippen molar-refractivity contribution in [2.75, 3.05) is 19.6 Å². The van der Waals surface area contributed by atoms with Crippen LogP contribution in [0.4, 0.5) is 0 Å². The Kier molecular flexibility index (Phi) is 5.21. The molecule has 1 fully saturated rings. The van der Waals surface area contributed by atoms with Gasteiger partial charge in [-0.1, -0.05) is 19.1 Å². The fourth-order valence-corrected chi connectivity index (χ4v) is 2.11. The van der Waals surface area contributed by atoms with Crippen molar-refractivity contribution in [2.45, 2.75) is 32.3 Å². The molecule has 0 bridgehead atoms. The van der Waals surface area contributed by atoms with Crippen molar-refractivity contribution in [1.29, 1.82) is 0 Å². The van der Waals surface area contributed by atoms with Gasteiger partial charge in [0.15, 0.2) is 0 Å². The Morgan fingerprint density at radius 3 is 2.84 bits per heavy atom. The van der Waals surface area contributed by atoms with E-state index in [1.807, 2.05) is 31.2 Å². The number of carbonyl (C=O) groups excluding carboxylic acids is 1. The highest BCUT2D eigenvalue weighted by atomic mass is 16.5. The summed E-state index contributed by atoms with van der Waals surface area (Å²) >= 11 is 0. The van der Waals surface area contributed by atoms with Crippen LogP contribution in [0, 0.1) is 0 Å². The second-order valence-corrected chi connectivity index (χ2v) is 4.74. The maximum absolute atomic E-state index is 12.1. The van der Waals surface area contributed by atoms with E-state index in [0.717, 1.165) is 32.4 Å². The summed E-state index contributed by atoms with van der Waals surface area (Å²) in [4.78, 5) is 12.1. The minimum absolute atomic E-state index is 0.0575. The molecule has 1 aliphatic heterocycles. The van der Waals surface area contributed by atoms with Crippen LogP contribution in [-0.2, 0) is 0 Å². The zero-order chi connectivity index (χ0) is 13.5. The summed E-state index contributed by atoms with van der Waals surface area (Å²) in [6, 6.07) is 7.45. The standard InChI is InChI=1S/C15H21N2O2/c1-2-9-17-15(18)13-5-3-4-6-14(13)19-12-7-10-16-11-8-12/h3-6,12H,2,7-11H2,1H3,(H,17,18). The second-order valence-electron chi connectivity index (χ2n) is 4.74. The van der Waals surface area contributed by atoms with Gasteiger partial charge in [0.1, 0.15) is 11.9 Å². The second kappa shape index (κ2) is 7.14. The molecule has 0 unspecified atom stereocenters. The van der Waals surface area contributed by atoms with Gasteiger partial charge in [0.25, 0.3) is 5.91 Å². The zero-order valence-electron chi connectivity index (χ0n) is 11.4. The van der Waals surface area contributed by atoms with Crippen molar-refractivity contribution in [1.82, 2.24) is 10.6 Å². The van der Waals surface area contributed by atoms with E-state index >= 15 is 0 Å². The van der Waals surface area contributed by atoms with Crippen molar-refractivity contribution in [3.63, 3.8) is 0 Å². The Hall–Kier alpha value is -1.55. The monoisotopic (exact) mass is 261 g/mol. The van der Waals surface area contributed by atoms with Crippen molar-refractivity contribution in [2.24, 2.45) is 0 Å². The Morgan fingerprint density at radius 1 is 1.37 bits per heavy atom. The van der Waals surface area contributed by atoms with Crippen molar-refractivity contribution >= 4 is 5.91 Å². The van der Waals surface area contributed by atoms with Gasteiger partial charge in [-0.3, -0.25) is 4.79 Å². The molecule has 0 atom stereocenters. The summed E-state index contributed by atoms with van der Waals surface area (Å²) in [7, 11) is 0. The molecule has 2 rings (SSSR count). The molecule has 1 aromatic rings. The van der Waals surface area contributed by atoms with E-state index in [0.29, 0.717) is 17.9 Å². The number of ether oxygens (including phenoxy) is 1. The lowest BCUT2D eigenvalue weighted by Crippen LogP contribution is -2.31. The molecule has 4 heteroatoms. The van der Waals surface area contributed by atoms with E-state index in [-0.39, 0.29) is 12.0 Å². The Balaban J connectivity index is 2.04. The summed E-state index contributed by atoms with van der Waals surface area (Å²) in [5.41, 5.74) is 0.624. The van der Waals surface area contributed by atoms with Crippen LogP contribution in [0.3, 0.4) is 0 Å². The van der Waals surface area contributed by atoms with Gasteiger partial charge in [-0.2, -0.15) is 0 Å². The molecule has 1 saturated heterocycles. The molecule has 19 heavy (non-hydrogen) atoms. The molecule has 1 radical (unpaired) electrons. The number of hydrogen-bond acceptors (Lipinski definition) is 2. The van der Waals surface area contributed by atoms with E-state index in [1.165, 1.54) is 0 Å². The molecule has 1 amide bonds. The summed E-state index contributed by atoms with van der Waals surface area (Å²) in [5, 5.41) is 7.20. The maximum Gasteiger partial charge on any atom is 0.255 e. The van der Waals surface area contributed by atoms with Gasteiger partial charge in [0.2, 0.25) is 0 Å². The number of piperidine rings is 1. The van der Waals surface area contributed by atoms with E-state index in [2.05, 4.69) is 10.6 Å². The van der Waals surface area contributed by atoms with Crippen LogP contribution in [0.25, 0.3) is 0 Å². The normalized spacial score (nSPS) is 16.1. The predicted octanol–water partition coefficient (Wildman–Crippen LogP) is 1.97. The molecule has 1 N–H and O–H groups in total. The Bertz CT molecular complexity index is 414. The summed E-state index contributed by atoms with van der Waals surface area (Å²) in [6.45, 7) is 4.44. The molecule has 4 nitrogen and oxygen atoms in total. The van der Waals surface area contributed by atoms with Gasteiger partial charge >= 0.3 is 0 Å². The maximum atomic E-state index is 12.1. The van der Waals surface area contributed by atoms with Crippen LogP contribution in [0.5, 0.6) is 5.75 Å². The van der Waals surface area contributed by atoms with Crippen LogP contribution in [0.2, 0.25) is 0 Å². The lowest BCUT2D eigenvalue weighted by molar-refractivity contribution is 0.0943. The molecular weight excluding hydrogens is 240 g/mol. The topological polar surface area (TPSA) is 52.4 Å². The minimum atomic E-state index is -0.0575. The quantitative estimate of drug-likeness (QED) is 0.881. The van der Waals surface area contributed by atoms with Crippen molar-refractivity contribution < 1.29 is 9.53 Å². The van der Waals surface area contributed by atoms with E-state index in [1.54, 1.807) is 0 Å². The number of nitrogens with one attached hydrogen (secondary N) is 1. The molecule has 0 aromatic heterocycles. The summed E-state index contributed by atoms with van der Waals surface area (Å²) in [5.74, 6) is 0.626. The smallest absolute Gasteiger partial charge is 0.255 e. The van der Waals surface area contributed by atoms with Gasteiger partial charge < -0.3 is 10.1 Å². The number of carbonyl (C=O) groups is 1. The number of hydrogen-bond donors (Lipinski definition) is 1. The number of nitrogens with zero attached hydrogens (tertiary/aromatic N) is 1. The summed E-state index contributed by atoms with van der Waals surface area (Å²) < 4.78 is 5.97. The summed E-state index contributed by atoms with van der Waals surface area (Å²) in [6.07, 6.45) is 2.98.